The molecule has 20 heavy (non-hydrogen) atoms. The van der Waals surface area contributed by atoms with Crippen molar-refractivity contribution in [3.63, 3.8) is 0 Å². The van der Waals surface area contributed by atoms with E-state index in [1.165, 1.54) is 0 Å². The monoisotopic (exact) mass is 283 g/mol. The highest BCUT2D eigenvalue weighted by atomic mass is 16.4. The Morgan fingerprint density at radius 2 is 2.05 bits per heavy atom. The minimum atomic E-state index is -0.851. The highest BCUT2D eigenvalue weighted by Gasteiger charge is 2.34. The molecule has 1 saturated heterocycles. The van der Waals surface area contributed by atoms with Gasteiger partial charge in [0.2, 0.25) is 0 Å². The van der Waals surface area contributed by atoms with Gasteiger partial charge in [-0.2, -0.15) is 0 Å². The van der Waals surface area contributed by atoms with Crippen LogP contribution in [0.25, 0.3) is 0 Å². The van der Waals surface area contributed by atoms with Crippen LogP contribution < -0.4 is 5.32 Å². The summed E-state index contributed by atoms with van der Waals surface area (Å²) in [7, 11) is 2.10. The number of likely N-dealkylation sites (tertiary alicyclic amines) is 1. The molecule has 1 saturated carbocycles. The van der Waals surface area contributed by atoms with E-state index in [2.05, 4.69) is 24.2 Å². The van der Waals surface area contributed by atoms with Crippen LogP contribution >= 0.6 is 0 Å². The van der Waals surface area contributed by atoms with Crippen LogP contribution in [0.3, 0.4) is 0 Å². The molecule has 0 aromatic heterocycles. The molecule has 1 aliphatic heterocycles. The number of nitrogens with one attached hydrogen (secondary N) is 1. The molecule has 2 fully saturated rings. The Morgan fingerprint density at radius 1 is 1.35 bits per heavy atom. The lowest BCUT2D eigenvalue weighted by Gasteiger charge is -2.36. The number of urea groups is 1. The van der Waals surface area contributed by atoms with E-state index in [-0.39, 0.29) is 24.5 Å². The van der Waals surface area contributed by atoms with E-state index >= 15 is 0 Å². The lowest BCUT2D eigenvalue weighted by molar-refractivity contribution is -0.137. The first-order valence-corrected chi connectivity index (χ1v) is 7.45. The number of hydrogen-bond acceptors (Lipinski definition) is 3. The van der Waals surface area contributed by atoms with Crippen molar-refractivity contribution in [3.8, 4) is 0 Å². The van der Waals surface area contributed by atoms with Crippen molar-refractivity contribution in [1.29, 1.82) is 0 Å². The molecule has 2 atom stereocenters. The van der Waals surface area contributed by atoms with Crippen LogP contribution in [0, 0.1) is 5.92 Å². The highest BCUT2D eigenvalue weighted by Crippen LogP contribution is 2.27. The number of carboxylic acids is 1. The lowest BCUT2D eigenvalue weighted by Crippen LogP contribution is -2.53. The van der Waals surface area contributed by atoms with E-state index in [9.17, 15) is 9.59 Å². The number of carbonyl (C=O) groups is 2. The van der Waals surface area contributed by atoms with Crippen LogP contribution in [-0.2, 0) is 4.79 Å². The third-order valence-corrected chi connectivity index (χ3v) is 4.23. The summed E-state index contributed by atoms with van der Waals surface area (Å²) in [5.74, 6) is -0.422. The van der Waals surface area contributed by atoms with Crippen LogP contribution in [0.2, 0.25) is 0 Å². The molecule has 2 unspecified atom stereocenters. The second kappa shape index (κ2) is 6.43. The first-order chi connectivity index (χ1) is 9.47. The van der Waals surface area contributed by atoms with Gasteiger partial charge in [-0.25, -0.2) is 4.79 Å². The van der Waals surface area contributed by atoms with Gasteiger partial charge in [0.1, 0.15) is 0 Å². The average molecular weight is 283 g/mol. The van der Waals surface area contributed by atoms with Gasteiger partial charge in [0.05, 0.1) is 6.42 Å². The number of aliphatic carboxylic acids is 1. The Hall–Kier alpha value is -1.30. The first-order valence-electron chi connectivity index (χ1n) is 7.45. The van der Waals surface area contributed by atoms with E-state index in [0.29, 0.717) is 12.5 Å². The van der Waals surface area contributed by atoms with Gasteiger partial charge in [-0.05, 0) is 38.8 Å². The van der Waals surface area contributed by atoms with E-state index in [1.54, 1.807) is 4.90 Å². The zero-order valence-corrected chi connectivity index (χ0v) is 12.3. The molecular formula is C14H25N3O3. The highest BCUT2D eigenvalue weighted by molar-refractivity contribution is 5.76. The summed E-state index contributed by atoms with van der Waals surface area (Å²) in [6.45, 7) is 4.45. The number of rotatable bonds is 5. The van der Waals surface area contributed by atoms with Crippen LogP contribution in [0.1, 0.15) is 32.6 Å². The van der Waals surface area contributed by atoms with Gasteiger partial charge in [0.15, 0.2) is 0 Å². The van der Waals surface area contributed by atoms with E-state index in [4.69, 9.17) is 5.11 Å². The van der Waals surface area contributed by atoms with Crippen molar-refractivity contribution >= 4 is 12.0 Å². The molecule has 1 heterocycles. The van der Waals surface area contributed by atoms with Gasteiger partial charge in [-0.3, -0.25) is 4.79 Å². The molecule has 2 rings (SSSR count). The van der Waals surface area contributed by atoms with Crippen molar-refractivity contribution in [3.05, 3.63) is 0 Å². The van der Waals surface area contributed by atoms with E-state index < -0.39 is 5.97 Å². The predicted octanol–water partition coefficient (Wildman–Crippen LogP) is 0.975. The minimum absolute atomic E-state index is 0.0207. The summed E-state index contributed by atoms with van der Waals surface area (Å²) in [5.41, 5.74) is 0. The van der Waals surface area contributed by atoms with Gasteiger partial charge in [-0.15, -0.1) is 0 Å². The number of hydrogen-bond donors (Lipinski definition) is 2. The van der Waals surface area contributed by atoms with E-state index in [1.807, 2.05) is 0 Å². The second-order valence-corrected chi connectivity index (χ2v) is 6.15. The smallest absolute Gasteiger partial charge is 0.317 e. The largest absolute Gasteiger partial charge is 0.481 e. The van der Waals surface area contributed by atoms with Crippen LogP contribution in [-0.4, -0.2) is 65.7 Å². The minimum Gasteiger partial charge on any atom is -0.481 e. The Balaban J connectivity index is 1.86. The van der Waals surface area contributed by atoms with Crippen LogP contribution in [0.5, 0.6) is 0 Å². The summed E-state index contributed by atoms with van der Waals surface area (Å²) in [6.07, 6.45) is 2.97. The van der Waals surface area contributed by atoms with Crippen molar-refractivity contribution in [1.82, 2.24) is 15.1 Å². The summed E-state index contributed by atoms with van der Waals surface area (Å²) in [4.78, 5) is 27.0. The predicted molar refractivity (Wildman–Crippen MR) is 75.6 cm³/mol. The maximum Gasteiger partial charge on any atom is 0.317 e. The summed E-state index contributed by atoms with van der Waals surface area (Å²) >= 11 is 0. The molecule has 2 aliphatic rings. The van der Waals surface area contributed by atoms with Crippen molar-refractivity contribution in [2.24, 2.45) is 5.92 Å². The van der Waals surface area contributed by atoms with Gasteiger partial charge in [-0.1, -0.05) is 6.92 Å². The average Bonchev–Trinajstić information content (AvgIpc) is 3.17. The van der Waals surface area contributed by atoms with Gasteiger partial charge in [0.25, 0.3) is 0 Å². The quantitative estimate of drug-likeness (QED) is 0.789. The topological polar surface area (TPSA) is 72.9 Å². The SMILES string of the molecule is CC1CN(C)CCC1NC(=O)N(CCC(=O)O)C1CC1. The molecule has 0 spiro atoms. The maximum absolute atomic E-state index is 12.3. The third kappa shape index (κ3) is 4.10. The lowest BCUT2D eigenvalue weighted by atomic mass is 9.94. The zero-order chi connectivity index (χ0) is 14.7. The Morgan fingerprint density at radius 3 is 2.60 bits per heavy atom. The van der Waals surface area contributed by atoms with Gasteiger partial charge < -0.3 is 20.2 Å². The van der Waals surface area contributed by atoms with Gasteiger partial charge >= 0.3 is 12.0 Å². The molecule has 2 N–H and O–H groups in total. The van der Waals surface area contributed by atoms with Crippen molar-refractivity contribution < 1.29 is 14.7 Å². The Labute approximate surface area is 120 Å². The second-order valence-electron chi connectivity index (χ2n) is 6.15. The fourth-order valence-electron chi connectivity index (χ4n) is 2.86. The van der Waals surface area contributed by atoms with E-state index in [0.717, 1.165) is 32.4 Å². The van der Waals surface area contributed by atoms with Crippen LogP contribution in [0.4, 0.5) is 4.79 Å². The molecule has 0 bridgehead atoms. The first kappa shape index (κ1) is 15.1. The third-order valence-electron chi connectivity index (χ3n) is 4.23. The Bertz CT molecular complexity index is 371. The zero-order valence-electron chi connectivity index (χ0n) is 12.3. The molecule has 0 radical (unpaired) electrons. The van der Waals surface area contributed by atoms with Gasteiger partial charge in [0, 0.05) is 25.2 Å². The number of piperidine rings is 1. The fraction of sp³-hybridized carbons (Fsp3) is 0.857. The molecular weight excluding hydrogens is 258 g/mol. The normalized spacial score (nSPS) is 27.1. The number of amides is 2. The molecule has 6 heteroatoms. The summed E-state index contributed by atoms with van der Waals surface area (Å²) in [5, 5.41) is 11.9. The van der Waals surface area contributed by atoms with Crippen molar-refractivity contribution in [2.45, 2.75) is 44.7 Å². The fourth-order valence-corrected chi connectivity index (χ4v) is 2.86. The molecule has 6 nitrogen and oxygen atoms in total. The van der Waals surface area contributed by atoms with Crippen LogP contribution in [0.15, 0.2) is 0 Å². The number of nitrogens with zero attached hydrogens (tertiary/aromatic N) is 2. The Kier molecular flexibility index (Phi) is 4.86. The molecule has 114 valence electrons. The molecule has 0 aromatic rings. The van der Waals surface area contributed by atoms with Crippen molar-refractivity contribution in [2.75, 3.05) is 26.7 Å². The maximum atomic E-state index is 12.3. The number of carbonyl (C=O) groups excluding carboxylic acids is 1. The standard InChI is InChI=1S/C14H25N3O3/c1-10-9-16(2)7-5-12(10)15-14(20)17(11-3-4-11)8-6-13(18)19/h10-12H,3-9H2,1-2H3,(H,15,20)(H,18,19). The number of carboxylic acid groups (broad SMARTS) is 1. The summed E-state index contributed by atoms with van der Waals surface area (Å²) in [6, 6.07) is 0.357. The molecule has 0 aromatic carbocycles. The molecule has 2 amide bonds. The summed E-state index contributed by atoms with van der Waals surface area (Å²) < 4.78 is 0. The molecule has 1 aliphatic carbocycles.